The van der Waals surface area contributed by atoms with Crippen LogP contribution in [0.1, 0.15) is 36.2 Å². The number of hydrogen-bond donors (Lipinski definition) is 2. The molecule has 156 valence electrons. The van der Waals surface area contributed by atoms with E-state index in [1.54, 1.807) is 16.9 Å². The minimum Gasteiger partial charge on any atom is -0.325 e. The molecule has 2 aromatic heterocycles. The molecule has 0 aliphatic carbocycles. The third kappa shape index (κ3) is 3.41. The number of hydrogen-bond acceptors (Lipinski definition) is 5. The van der Waals surface area contributed by atoms with Crippen molar-refractivity contribution in [2.24, 2.45) is 12.8 Å². The summed E-state index contributed by atoms with van der Waals surface area (Å²) >= 11 is 0. The summed E-state index contributed by atoms with van der Waals surface area (Å²) in [5.74, 6) is 0. The van der Waals surface area contributed by atoms with E-state index in [1.807, 2.05) is 19.2 Å². The molecule has 0 saturated carbocycles. The van der Waals surface area contributed by atoms with Crippen molar-refractivity contribution in [1.29, 1.82) is 5.26 Å². The van der Waals surface area contributed by atoms with Gasteiger partial charge in [0.2, 0.25) is 0 Å². The van der Waals surface area contributed by atoms with Gasteiger partial charge in [0.25, 0.3) is 5.56 Å². The second-order valence-corrected chi connectivity index (χ2v) is 7.49. The van der Waals surface area contributed by atoms with Gasteiger partial charge < -0.3 is 5.73 Å². The monoisotopic (exact) mass is 412 g/mol. The van der Waals surface area contributed by atoms with Crippen molar-refractivity contribution in [1.82, 2.24) is 20.0 Å². The Bertz CT molecular complexity index is 1390. The van der Waals surface area contributed by atoms with Crippen LogP contribution in [0.5, 0.6) is 0 Å². The molecule has 31 heavy (non-hydrogen) atoms. The molecule has 4 aromatic rings. The van der Waals surface area contributed by atoms with E-state index in [2.05, 4.69) is 47.3 Å². The van der Waals surface area contributed by atoms with Gasteiger partial charge in [0.1, 0.15) is 6.07 Å². The summed E-state index contributed by atoms with van der Waals surface area (Å²) in [4.78, 5) is 12.2. The second kappa shape index (κ2) is 8.17. The van der Waals surface area contributed by atoms with E-state index in [-0.39, 0.29) is 12.1 Å². The number of benzene rings is 2. The Labute approximate surface area is 180 Å². The lowest BCUT2D eigenvalue weighted by Gasteiger charge is -2.14. The number of nitrogens with two attached hydrogens (primary N) is 1. The minimum absolute atomic E-state index is 0.216. The van der Waals surface area contributed by atoms with Gasteiger partial charge in [-0.1, -0.05) is 26.0 Å². The number of aromatic nitrogens is 4. The highest BCUT2D eigenvalue weighted by Crippen LogP contribution is 2.36. The van der Waals surface area contributed by atoms with Crippen LogP contribution in [-0.4, -0.2) is 20.0 Å². The summed E-state index contributed by atoms with van der Waals surface area (Å²) in [6.45, 7) is 4.39. The van der Waals surface area contributed by atoms with Gasteiger partial charge in [-0.2, -0.15) is 15.5 Å². The Balaban J connectivity index is 2.01. The first-order valence-corrected chi connectivity index (χ1v) is 10.3. The largest absolute Gasteiger partial charge is 0.325 e. The smallest absolute Gasteiger partial charge is 0.272 e. The maximum Gasteiger partial charge on any atom is 0.272 e. The van der Waals surface area contributed by atoms with Gasteiger partial charge in [0.15, 0.2) is 0 Å². The molecular formula is C24H24N6O. The predicted molar refractivity (Wildman–Crippen MR) is 121 cm³/mol. The van der Waals surface area contributed by atoms with Crippen LogP contribution in [0, 0.1) is 11.3 Å². The van der Waals surface area contributed by atoms with Crippen LogP contribution in [0.15, 0.2) is 41.3 Å². The molecule has 7 nitrogen and oxygen atoms in total. The van der Waals surface area contributed by atoms with Crippen molar-refractivity contribution >= 4 is 10.8 Å². The number of nitriles is 1. The summed E-state index contributed by atoms with van der Waals surface area (Å²) in [6, 6.07) is 12.2. The highest BCUT2D eigenvalue weighted by molar-refractivity contribution is 5.92. The zero-order chi connectivity index (χ0) is 22.1. The topological polar surface area (TPSA) is 113 Å². The van der Waals surface area contributed by atoms with Gasteiger partial charge in [-0.25, -0.2) is 5.10 Å². The Morgan fingerprint density at radius 3 is 2.61 bits per heavy atom. The zero-order valence-electron chi connectivity index (χ0n) is 17.9. The summed E-state index contributed by atoms with van der Waals surface area (Å²) < 4.78 is 1.80. The highest BCUT2D eigenvalue weighted by Gasteiger charge is 2.20. The van der Waals surface area contributed by atoms with Gasteiger partial charge in [0.05, 0.1) is 28.5 Å². The molecule has 0 amide bonds. The quantitative estimate of drug-likeness (QED) is 0.521. The first-order chi connectivity index (χ1) is 15.0. The van der Waals surface area contributed by atoms with Crippen LogP contribution >= 0.6 is 0 Å². The average Bonchev–Trinajstić information content (AvgIpc) is 3.19. The van der Waals surface area contributed by atoms with E-state index >= 15 is 0 Å². The number of fused-ring (bicyclic) bond motifs is 1. The first-order valence-electron chi connectivity index (χ1n) is 10.3. The molecule has 0 aliphatic heterocycles. The number of aryl methyl sites for hydroxylation is 3. The fraction of sp³-hybridized carbons (Fsp3) is 0.250. The van der Waals surface area contributed by atoms with E-state index in [0.29, 0.717) is 16.6 Å². The minimum atomic E-state index is -0.250. The number of aromatic amines is 1. The Kier molecular flexibility index (Phi) is 5.40. The molecule has 7 heteroatoms. The van der Waals surface area contributed by atoms with E-state index < -0.39 is 0 Å². The molecule has 2 heterocycles. The molecule has 4 rings (SSSR count). The summed E-state index contributed by atoms with van der Waals surface area (Å²) in [7, 11) is 1.88. The van der Waals surface area contributed by atoms with Crippen molar-refractivity contribution in [3.05, 3.63) is 69.3 Å². The Morgan fingerprint density at radius 1 is 1.13 bits per heavy atom. The fourth-order valence-electron chi connectivity index (χ4n) is 4.08. The van der Waals surface area contributed by atoms with Crippen LogP contribution in [-0.2, 0) is 26.4 Å². The summed E-state index contributed by atoms with van der Waals surface area (Å²) in [5, 5.41) is 22.3. The molecule has 0 saturated heterocycles. The van der Waals surface area contributed by atoms with Crippen molar-refractivity contribution in [3.8, 4) is 28.5 Å². The SMILES string of the molecule is CCc1cc(CC)c(C#N)c(-c2c(-c3ccc4c(=O)[nH]nc(CN)c4c3)cnn2C)c1. The maximum atomic E-state index is 12.2. The third-order valence-corrected chi connectivity index (χ3v) is 5.75. The molecule has 0 atom stereocenters. The Morgan fingerprint density at radius 2 is 1.94 bits per heavy atom. The molecule has 0 unspecified atom stereocenters. The van der Waals surface area contributed by atoms with Gasteiger partial charge in [-0.15, -0.1) is 0 Å². The molecule has 2 aromatic carbocycles. The zero-order valence-corrected chi connectivity index (χ0v) is 17.9. The normalized spacial score (nSPS) is 11.1. The van der Waals surface area contributed by atoms with E-state index in [4.69, 9.17) is 5.73 Å². The van der Waals surface area contributed by atoms with Crippen LogP contribution in [0.3, 0.4) is 0 Å². The van der Waals surface area contributed by atoms with Crippen LogP contribution in [0.25, 0.3) is 33.2 Å². The standard InChI is InChI=1S/C24H24N6O/c1-4-14-8-15(5-2)20(11-25)19(9-14)23-21(13-27-30(23)3)16-6-7-17-18(10-16)22(12-26)28-29-24(17)31/h6-10,13H,4-5,12,26H2,1-3H3,(H,29,31). The summed E-state index contributed by atoms with van der Waals surface area (Å²) in [5.41, 5.74) is 12.6. The number of H-pyrrole nitrogens is 1. The number of nitrogens with zero attached hydrogens (tertiary/aromatic N) is 4. The van der Waals surface area contributed by atoms with Gasteiger partial charge in [-0.3, -0.25) is 9.48 Å². The first kappa shape index (κ1) is 20.5. The molecule has 0 spiro atoms. The number of nitrogens with one attached hydrogen (secondary N) is 1. The maximum absolute atomic E-state index is 12.2. The van der Waals surface area contributed by atoms with E-state index in [0.717, 1.165) is 46.2 Å². The highest BCUT2D eigenvalue weighted by atomic mass is 16.1. The second-order valence-electron chi connectivity index (χ2n) is 7.49. The lowest BCUT2D eigenvalue weighted by Crippen LogP contribution is -2.13. The van der Waals surface area contributed by atoms with Crippen LogP contribution in [0.2, 0.25) is 0 Å². The van der Waals surface area contributed by atoms with Crippen molar-refractivity contribution in [2.45, 2.75) is 33.2 Å². The van der Waals surface area contributed by atoms with Gasteiger partial charge in [-0.05, 0) is 47.7 Å². The third-order valence-electron chi connectivity index (χ3n) is 5.75. The summed E-state index contributed by atoms with van der Waals surface area (Å²) in [6.07, 6.45) is 3.45. The molecule has 3 N–H and O–H groups in total. The molecular weight excluding hydrogens is 388 g/mol. The van der Waals surface area contributed by atoms with Crippen molar-refractivity contribution < 1.29 is 0 Å². The lowest BCUT2D eigenvalue weighted by molar-refractivity contribution is 0.775. The molecule has 0 radical (unpaired) electrons. The Hall–Kier alpha value is -3.76. The molecule has 0 bridgehead atoms. The van der Waals surface area contributed by atoms with Crippen molar-refractivity contribution in [2.75, 3.05) is 0 Å². The van der Waals surface area contributed by atoms with Gasteiger partial charge >= 0.3 is 0 Å². The molecule has 0 fully saturated rings. The average molecular weight is 412 g/mol. The lowest BCUT2D eigenvalue weighted by atomic mass is 9.91. The van der Waals surface area contributed by atoms with Crippen LogP contribution < -0.4 is 11.3 Å². The van der Waals surface area contributed by atoms with E-state index in [9.17, 15) is 10.1 Å². The predicted octanol–water partition coefficient (Wildman–Crippen LogP) is 3.45. The van der Waals surface area contributed by atoms with Crippen molar-refractivity contribution in [3.63, 3.8) is 0 Å². The van der Waals surface area contributed by atoms with Crippen LogP contribution in [0.4, 0.5) is 0 Å². The number of rotatable bonds is 5. The van der Waals surface area contributed by atoms with E-state index in [1.165, 1.54) is 5.56 Å². The fourth-order valence-corrected chi connectivity index (χ4v) is 4.08. The molecule has 0 aliphatic rings. The van der Waals surface area contributed by atoms with Gasteiger partial charge in [0, 0.05) is 30.1 Å².